The van der Waals surface area contributed by atoms with Gasteiger partial charge in [-0.3, -0.25) is 14.6 Å². The lowest BCUT2D eigenvalue weighted by Crippen LogP contribution is -2.52. The largest absolute Gasteiger partial charge is 0.390 e. The lowest BCUT2D eigenvalue weighted by atomic mass is 10.1. The highest BCUT2D eigenvalue weighted by Crippen LogP contribution is 2.12. The molecule has 0 radical (unpaired) electrons. The molecule has 2 saturated heterocycles. The third-order valence-corrected chi connectivity index (χ3v) is 5.56. The van der Waals surface area contributed by atoms with Gasteiger partial charge in [-0.05, 0) is 12.1 Å². The Hall–Kier alpha value is -1.55. The summed E-state index contributed by atoms with van der Waals surface area (Å²) in [4.78, 5) is 19.2. The van der Waals surface area contributed by atoms with Gasteiger partial charge in [0.2, 0.25) is 0 Å². The number of aliphatic hydroxyl groups is 1. The Morgan fingerprint density at radius 1 is 1.17 bits per heavy atom. The van der Waals surface area contributed by atoms with Crippen LogP contribution >= 0.6 is 0 Å². The first-order valence-corrected chi connectivity index (χ1v) is 10.8. The van der Waals surface area contributed by atoms with Gasteiger partial charge in [0.25, 0.3) is 5.91 Å². The molecule has 8 nitrogen and oxygen atoms in total. The molecular formula is C22H35N3O5. The highest BCUT2D eigenvalue weighted by Gasteiger charge is 2.27. The molecule has 0 saturated carbocycles. The first kappa shape index (κ1) is 23.1. The molecule has 30 heavy (non-hydrogen) atoms. The molecule has 3 rings (SSSR count). The normalized spacial score (nSPS) is 22.0. The number of benzene rings is 1. The fourth-order valence-corrected chi connectivity index (χ4v) is 3.98. The summed E-state index contributed by atoms with van der Waals surface area (Å²) < 4.78 is 16.5. The van der Waals surface area contributed by atoms with Gasteiger partial charge in [-0.15, -0.1) is 0 Å². The molecule has 0 bridgehead atoms. The van der Waals surface area contributed by atoms with Crippen LogP contribution in [0.15, 0.2) is 30.3 Å². The van der Waals surface area contributed by atoms with Crippen molar-refractivity contribution in [2.75, 3.05) is 85.9 Å². The van der Waals surface area contributed by atoms with E-state index in [1.165, 1.54) is 0 Å². The van der Waals surface area contributed by atoms with Crippen LogP contribution in [0.4, 0.5) is 0 Å². The zero-order valence-corrected chi connectivity index (χ0v) is 17.9. The minimum atomic E-state index is -0.405. The summed E-state index contributed by atoms with van der Waals surface area (Å²) in [6.07, 6.45) is -0.490. The molecular weight excluding hydrogens is 386 g/mol. The Morgan fingerprint density at radius 2 is 1.87 bits per heavy atom. The van der Waals surface area contributed by atoms with Crippen LogP contribution in [0.5, 0.6) is 0 Å². The second-order valence-electron chi connectivity index (χ2n) is 7.93. The molecule has 1 aromatic carbocycles. The first-order valence-electron chi connectivity index (χ1n) is 10.8. The highest BCUT2D eigenvalue weighted by molar-refractivity contribution is 5.94. The number of rotatable bonds is 10. The number of methoxy groups -OCH3 is 1. The number of nitrogens with zero attached hydrogens (tertiary/aromatic N) is 3. The number of amides is 1. The van der Waals surface area contributed by atoms with E-state index in [-0.39, 0.29) is 12.0 Å². The zero-order chi connectivity index (χ0) is 21.2. The Kier molecular flexibility index (Phi) is 9.51. The van der Waals surface area contributed by atoms with Crippen LogP contribution in [0.25, 0.3) is 0 Å². The van der Waals surface area contributed by atoms with E-state index in [0.717, 1.165) is 32.8 Å². The molecule has 2 heterocycles. The summed E-state index contributed by atoms with van der Waals surface area (Å²) in [5.74, 6) is -0.0132. The Bertz CT molecular complexity index is 626. The number of carbonyl (C=O) groups excluding carboxylic acids is 1. The van der Waals surface area contributed by atoms with Crippen molar-refractivity contribution in [1.82, 2.24) is 14.7 Å². The monoisotopic (exact) mass is 421 g/mol. The van der Waals surface area contributed by atoms with Crippen LogP contribution in [0.3, 0.4) is 0 Å². The average Bonchev–Trinajstić information content (AvgIpc) is 2.77. The van der Waals surface area contributed by atoms with E-state index in [4.69, 9.17) is 14.2 Å². The maximum Gasteiger partial charge on any atom is 0.254 e. The second-order valence-corrected chi connectivity index (χ2v) is 7.93. The lowest BCUT2D eigenvalue weighted by Gasteiger charge is -2.37. The second kappa shape index (κ2) is 12.3. The van der Waals surface area contributed by atoms with Crippen molar-refractivity contribution < 1.29 is 24.1 Å². The van der Waals surface area contributed by atoms with E-state index in [1.807, 2.05) is 30.3 Å². The number of morpholine rings is 2. The summed E-state index contributed by atoms with van der Waals surface area (Å²) in [7, 11) is 1.64. The molecule has 2 aliphatic heterocycles. The number of β-amino-alcohol motifs (C(OH)–C–C–N with tert-alkyl or cyclic N) is 1. The van der Waals surface area contributed by atoms with Crippen LogP contribution in [0, 0.1) is 0 Å². The zero-order valence-electron chi connectivity index (χ0n) is 17.9. The number of carbonyl (C=O) groups is 1. The first-order chi connectivity index (χ1) is 14.7. The van der Waals surface area contributed by atoms with Crippen molar-refractivity contribution in [3.05, 3.63) is 35.9 Å². The van der Waals surface area contributed by atoms with Crippen LogP contribution in [0.2, 0.25) is 0 Å². The van der Waals surface area contributed by atoms with Crippen LogP contribution in [0.1, 0.15) is 10.4 Å². The Balaban J connectivity index is 1.51. The van der Waals surface area contributed by atoms with Crippen molar-refractivity contribution in [3.63, 3.8) is 0 Å². The third kappa shape index (κ3) is 7.30. The number of aliphatic hydroxyl groups excluding tert-OH is 1. The molecule has 0 spiro atoms. The summed E-state index contributed by atoms with van der Waals surface area (Å²) in [5, 5.41) is 10.5. The average molecular weight is 422 g/mol. The quantitative estimate of drug-likeness (QED) is 0.577. The molecule has 2 atom stereocenters. The Labute approximate surface area is 179 Å². The minimum absolute atomic E-state index is 0.0132. The Morgan fingerprint density at radius 3 is 2.60 bits per heavy atom. The minimum Gasteiger partial charge on any atom is -0.390 e. The van der Waals surface area contributed by atoms with Gasteiger partial charge in [-0.2, -0.15) is 0 Å². The molecule has 168 valence electrons. The van der Waals surface area contributed by atoms with Crippen molar-refractivity contribution in [2.45, 2.75) is 12.2 Å². The van der Waals surface area contributed by atoms with Crippen LogP contribution in [-0.2, 0) is 14.2 Å². The molecule has 1 amide bonds. The van der Waals surface area contributed by atoms with E-state index < -0.39 is 6.10 Å². The number of hydrogen-bond acceptors (Lipinski definition) is 7. The predicted octanol–water partition coefficient (Wildman–Crippen LogP) is 0.169. The molecule has 0 aromatic heterocycles. The summed E-state index contributed by atoms with van der Waals surface area (Å²) in [6.45, 7) is 8.10. The van der Waals surface area contributed by atoms with Gasteiger partial charge >= 0.3 is 0 Å². The van der Waals surface area contributed by atoms with Gasteiger partial charge in [0, 0.05) is 65.0 Å². The van der Waals surface area contributed by atoms with Crippen molar-refractivity contribution in [2.24, 2.45) is 0 Å². The van der Waals surface area contributed by atoms with Gasteiger partial charge in [-0.25, -0.2) is 0 Å². The molecule has 1 N–H and O–H groups in total. The van der Waals surface area contributed by atoms with E-state index in [9.17, 15) is 9.90 Å². The summed E-state index contributed by atoms with van der Waals surface area (Å²) in [6, 6.07) is 9.31. The summed E-state index contributed by atoms with van der Waals surface area (Å²) >= 11 is 0. The van der Waals surface area contributed by atoms with E-state index in [0.29, 0.717) is 51.5 Å². The van der Waals surface area contributed by atoms with Gasteiger partial charge in [-0.1, -0.05) is 18.2 Å². The fraction of sp³-hybridized carbons (Fsp3) is 0.682. The number of hydrogen-bond donors (Lipinski definition) is 1. The summed E-state index contributed by atoms with van der Waals surface area (Å²) in [5.41, 5.74) is 0.669. The van der Waals surface area contributed by atoms with E-state index in [2.05, 4.69) is 9.80 Å². The van der Waals surface area contributed by atoms with Crippen molar-refractivity contribution in [3.8, 4) is 0 Å². The van der Waals surface area contributed by atoms with E-state index >= 15 is 0 Å². The van der Waals surface area contributed by atoms with Crippen molar-refractivity contribution in [1.29, 1.82) is 0 Å². The van der Waals surface area contributed by atoms with Gasteiger partial charge in [0.1, 0.15) is 0 Å². The lowest BCUT2D eigenvalue weighted by molar-refractivity contribution is -0.0564. The molecule has 1 aromatic rings. The predicted molar refractivity (Wildman–Crippen MR) is 114 cm³/mol. The molecule has 0 unspecified atom stereocenters. The SMILES string of the molecule is COCCN(C[C@@H]1CN(C[C@@H](O)CN2CCOCC2)CCO1)C(=O)c1ccccc1. The van der Waals surface area contributed by atoms with Gasteiger partial charge in [0.05, 0.1) is 38.6 Å². The highest BCUT2D eigenvalue weighted by atomic mass is 16.5. The smallest absolute Gasteiger partial charge is 0.254 e. The maximum absolute atomic E-state index is 13.0. The van der Waals surface area contributed by atoms with Crippen LogP contribution < -0.4 is 0 Å². The van der Waals surface area contributed by atoms with Crippen LogP contribution in [-0.4, -0.2) is 124 Å². The standard InChI is InChI=1S/C22H35N3O5/c1-28-11-10-25(22(27)19-5-3-2-4-6-19)18-21-17-24(9-14-30-21)16-20(26)15-23-7-12-29-13-8-23/h2-6,20-21,26H,7-18H2,1H3/t20-,21-/m0/s1. The molecule has 2 fully saturated rings. The molecule has 0 aliphatic carbocycles. The van der Waals surface area contributed by atoms with Crippen molar-refractivity contribution >= 4 is 5.91 Å². The molecule has 2 aliphatic rings. The maximum atomic E-state index is 13.0. The van der Waals surface area contributed by atoms with Gasteiger partial charge in [0.15, 0.2) is 0 Å². The fourth-order valence-electron chi connectivity index (χ4n) is 3.98. The topological polar surface area (TPSA) is 74.7 Å². The van der Waals surface area contributed by atoms with Gasteiger partial charge < -0.3 is 24.2 Å². The number of ether oxygens (including phenoxy) is 3. The third-order valence-electron chi connectivity index (χ3n) is 5.56. The van der Waals surface area contributed by atoms with E-state index in [1.54, 1.807) is 12.0 Å². The molecule has 8 heteroatoms.